The Hall–Kier alpha value is -3.11. The highest BCUT2D eigenvalue weighted by Gasteiger charge is 2.23. The average Bonchev–Trinajstić information content (AvgIpc) is 2.62. The molecule has 0 unspecified atom stereocenters. The van der Waals surface area contributed by atoms with Crippen molar-refractivity contribution in [1.82, 2.24) is 4.31 Å². The Balaban J connectivity index is 2.05. The third-order valence-electron chi connectivity index (χ3n) is 3.70. The van der Waals surface area contributed by atoms with E-state index >= 15 is 0 Å². The number of nitrogens with zero attached hydrogens (tertiary/aromatic N) is 2. The highest BCUT2D eigenvalue weighted by Crippen LogP contribution is 2.17. The van der Waals surface area contributed by atoms with E-state index < -0.39 is 27.4 Å². The topological polar surface area (TPSA) is 127 Å². The number of benzene rings is 2. The zero-order valence-electron chi connectivity index (χ0n) is 14.6. The molecule has 0 fully saturated rings. The molecule has 2 aromatic carbocycles. The van der Waals surface area contributed by atoms with Gasteiger partial charge < -0.3 is 5.32 Å². The summed E-state index contributed by atoms with van der Waals surface area (Å²) in [6.45, 7) is 0.923. The van der Waals surface area contributed by atoms with Crippen molar-refractivity contribution in [3.63, 3.8) is 0 Å². The molecule has 0 saturated carbocycles. The Kier molecular flexibility index (Phi) is 6.03. The van der Waals surface area contributed by atoms with Crippen LogP contribution in [0.5, 0.6) is 0 Å². The fourth-order valence-electron chi connectivity index (χ4n) is 2.20. The molecule has 0 radical (unpaired) electrons. The second kappa shape index (κ2) is 8.06. The Morgan fingerprint density at radius 1 is 1.07 bits per heavy atom. The molecule has 2 aromatic rings. The molecular formula is C17H17N3O6S. The lowest BCUT2D eigenvalue weighted by Crippen LogP contribution is -2.35. The summed E-state index contributed by atoms with van der Waals surface area (Å²) in [6, 6.07) is 10.6. The number of non-ortho nitro benzene ring substituents is 1. The molecule has 0 heterocycles. The number of carbonyl (C=O) groups is 2. The maximum absolute atomic E-state index is 12.5. The van der Waals surface area contributed by atoms with Crippen molar-refractivity contribution in [3.8, 4) is 0 Å². The summed E-state index contributed by atoms with van der Waals surface area (Å²) in [7, 11) is -2.66. The number of nitrogens with one attached hydrogen (secondary N) is 1. The van der Waals surface area contributed by atoms with Gasteiger partial charge >= 0.3 is 0 Å². The summed E-state index contributed by atoms with van der Waals surface area (Å²) in [5.74, 6) is -0.787. The molecular weight excluding hydrogens is 374 g/mol. The van der Waals surface area contributed by atoms with Crippen LogP contribution in [0, 0.1) is 10.1 Å². The quantitative estimate of drug-likeness (QED) is 0.437. The van der Waals surface area contributed by atoms with Gasteiger partial charge in [-0.15, -0.1) is 0 Å². The van der Waals surface area contributed by atoms with Crippen LogP contribution in [0.25, 0.3) is 0 Å². The van der Waals surface area contributed by atoms with Gasteiger partial charge in [0.15, 0.2) is 5.78 Å². The fourth-order valence-corrected chi connectivity index (χ4v) is 3.32. The van der Waals surface area contributed by atoms with Gasteiger partial charge in [-0.3, -0.25) is 19.7 Å². The van der Waals surface area contributed by atoms with E-state index in [0.717, 1.165) is 4.31 Å². The molecule has 1 N–H and O–H groups in total. The molecule has 2 rings (SSSR count). The smallest absolute Gasteiger partial charge is 0.269 e. The lowest BCUT2D eigenvalue weighted by atomic mass is 10.2. The summed E-state index contributed by atoms with van der Waals surface area (Å²) in [5.41, 5.74) is 0.566. The van der Waals surface area contributed by atoms with Crippen molar-refractivity contribution in [3.05, 3.63) is 64.2 Å². The van der Waals surface area contributed by atoms with Gasteiger partial charge in [0.2, 0.25) is 15.9 Å². The molecule has 0 aliphatic rings. The SMILES string of the molecule is CC(=O)c1ccc(S(=O)(=O)N(C)CC(=O)Nc2ccc([N+](=O)[O-])cc2)cc1. The number of nitro benzene ring substituents is 1. The first-order valence-corrected chi connectivity index (χ1v) is 9.17. The second-order valence-corrected chi connectivity index (χ2v) is 7.74. The molecule has 10 heteroatoms. The summed E-state index contributed by atoms with van der Waals surface area (Å²) < 4.78 is 25.9. The molecule has 9 nitrogen and oxygen atoms in total. The lowest BCUT2D eigenvalue weighted by molar-refractivity contribution is -0.384. The normalized spacial score (nSPS) is 11.2. The van der Waals surface area contributed by atoms with Gasteiger partial charge in [0, 0.05) is 30.4 Å². The number of amides is 1. The molecule has 1 amide bonds. The van der Waals surface area contributed by atoms with Gasteiger partial charge in [-0.05, 0) is 31.2 Å². The van der Waals surface area contributed by atoms with E-state index in [9.17, 15) is 28.1 Å². The van der Waals surface area contributed by atoms with Crippen LogP contribution in [-0.2, 0) is 14.8 Å². The highest BCUT2D eigenvalue weighted by molar-refractivity contribution is 7.89. The van der Waals surface area contributed by atoms with E-state index in [2.05, 4.69) is 5.32 Å². The second-order valence-electron chi connectivity index (χ2n) is 5.69. The predicted molar refractivity (Wildman–Crippen MR) is 98.0 cm³/mol. The van der Waals surface area contributed by atoms with E-state index in [1.165, 1.54) is 62.5 Å². The maximum atomic E-state index is 12.5. The van der Waals surface area contributed by atoms with E-state index in [1.807, 2.05) is 0 Å². The van der Waals surface area contributed by atoms with Crippen molar-refractivity contribution in [2.45, 2.75) is 11.8 Å². The van der Waals surface area contributed by atoms with Gasteiger partial charge in [-0.1, -0.05) is 12.1 Å². The van der Waals surface area contributed by atoms with Gasteiger partial charge in [0.05, 0.1) is 16.4 Å². The van der Waals surface area contributed by atoms with Crippen molar-refractivity contribution >= 4 is 33.1 Å². The average molecular weight is 391 g/mol. The number of Topliss-reactive ketones (excluding diaryl/α,β-unsaturated/α-hetero) is 1. The summed E-state index contributed by atoms with van der Waals surface area (Å²) in [6.07, 6.45) is 0. The van der Waals surface area contributed by atoms with Crippen LogP contribution in [0.1, 0.15) is 17.3 Å². The van der Waals surface area contributed by atoms with E-state index in [1.54, 1.807) is 0 Å². The van der Waals surface area contributed by atoms with Crippen LogP contribution in [0.4, 0.5) is 11.4 Å². The molecule has 0 aliphatic carbocycles. The summed E-state index contributed by atoms with van der Waals surface area (Å²) >= 11 is 0. The maximum Gasteiger partial charge on any atom is 0.269 e. The lowest BCUT2D eigenvalue weighted by Gasteiger charge is -2.17. The van der Waals surface area contributed by atoms with E-state index in [-0.39, 0.29) is 16.4 Å². The number of anilines is 1. The number of rotatable bonds is 7. The number of ketones is 1. The minimum absolute atomic E-state index is 0.0434. The molecule has 0 aromatic heterocycles. The highest BCUT2D eigenvalue weighted by atomic mass is 32.2. The van der Waals surface area contributed by atoms with Crippen molar-refractivity contribution in [2.75, 3.05) is 18.9 Å². The number of carbonyl (C=O) groups excluding carboxylic acids is 2. The monoisotopic (exact) mass is 391 g/mol. The third kappa shape index (κ3) is 4.96. The molecule has 0 saturated heterocycles. The van der Waals surface area contributed by atoms with Crippen LogP contribution >= 0.6 is 0 Å². The summed E-state index contributed by atoms with van der Waals surface area (Å²) in [5, 5.41) is 13.1. The van der Waals surface area contributed by atoms with E-state index in [0.29, 0.717) is 11.3 Å². The third-order valence-corrected chi connectivity index (χ3v) is 5.51. The largest absolute Gasteiger partial charge is 0.325 e. The predicted octanol–water partition coefficient (Wildman–Crippen LogP) is 2.06. The fraction of sp³-hybridized carbons (Fsp3) is 0.176. The van der Waals surface area contributed by atoms with Crippen LogP contribution in [-0.4, -0.2) is 42.9 Å². The van der Waals surface area contributed by atoms with Crippen LogP contribution < -0.4 is 5.32 Å². The Labute approximate surface area is 155 Å². The van der Waals surface area contributed by atoms with Crippen LogP contribution in [0.2, 0.25) is 0 Å². The molecule has 142 valence electrons. The molecule has 0 spiro atoms. The van der Waals surface area contributed by atoms with Gasteiger partial charge in [0.25, 0.3) is 5.69 Å². The number of hydrogen-bond acceptors (Lipinski definition) is 6. The van der Waals surface area contributed by atoms with E-state index in [4.69, 9.17) is 0 Å². The van der Waals surface area contributed by atoms with Crippen molar-refractivity contribution in [2.24, 2.45) is 0 Å². The Bertz CT molecular complexity index is 969. The van der Waals surface area contributed by atoms with Crippen molar-refractivity contribution in [1.29, 1.82) is 0 Å². The van der Waals surface area contributed by atoms with Gasteiger partial charge in [-0.2, -0.15) is 4.31 Å². The molecule has 27 heavy (non-hydrogen) atoms. The molecule has 0 aliphatic heterocycles. The van der Waals surface area contributed by atoms with Gasteiger partial charge in [-0.25, -0.2) is 8.42 Å². The minimum Gasteiger partial charge on any atom is -0.325 e. The summed E-state index contributed by atoms with van der Waals surface area (Å²) in [4.78, 5) is 33.3. The Morgan fingerprint density at radius 3 is 2.11 bits per heavy atom. The number of nitro groups is 1. The van der Waals surface area contributed by atoms with Crippen LogP contribution in [0.15, 0.2) is 53.4 Å². The van der Waals surface area contributed by atoms with Gasteiger partial charge in [0.1, 0.15) is 0 Å². The van der Waals surface area contributed by atoms with Crippen molar-refractivity contribution < 1.29 is 22.9 Å². The zero-order valence-corrected chi connectivity index (χ0v) is 15.4. The number of sulfonamides is 1. The molecule has 0 bridgehead atoms. The first-order valence-electron chi connectivity index (χ1n) is 7.73. The number of likely N-dealkylation sites (N-methyl/N-ethyl adjacent to an activating group) is 1. The Morgan fingerprint density at radius 2 is 1.63 bits per heavy atom. The first-order chi connectivity index (χ1) is 12.6. The minimum atomic E-state index is -3.91. The standard InChI is InChI=1S/C17H17N3O6S/c1-12(21)13-3-9-16(10-4-13)27(25,26)19(2)11-17(22)18-14-5-7-15(8-6-14)20(23)24/h3-10H,11H2,1-2H3,(H,18,22). The first kappa shape index (κ1) is 20.2. The zero-order chi connectivity index (χ0) is 20.2. The van der Waals surface area contributed by atoms with Crippen LogP contribution in [0.3, 0.4) is 0 Å². The number of hydrogen-bond donors (Lipinski definition) is 1. The molecule has 0 atom stereocenters.